The molecule has 0 unspecified atom stereocenters. The first-order chi connectivity index (χ1) is 34.5. The van der Waals surface area contributed by atoms with Crippen molar-refractivity contribution in [3.05, 3.63) is 132 Å². The lowest BCUT2D eigenvalue weighted by Gasteiger charge is -2.32. The second kappa shape index (κ2) is 23.6. The minimum absolute atomic E-state index is 0.0533. The summed E-state index contributed by atoms with van der Waals surface area (Å²) in [6, 6.07) is 25.9. The van der Waals surface area contributed by atoms with Gasteiger partial charge in [0.25, 0.3) is 0 Å². The summed E-state index contributed by atoms with van der Waals surface area (Å²) in [5.41, 5.74) is 5.88. The third-order valence-corrected chi connectivity index (χ3v) is 14.3. The Balaban J connectivity index is 0.817. The van der Waals surface area contributed by atoms with Gasteiger partial charge in [0.1, 0.15) is 23.0 Å². The monoisotopic (exact) mass is 966 g/mol. The summed E-state index contributed by atoms with van der Waals surface area (Å²) in [5.74, 6) is -0.771. The fourth-order valence-electron chi connectivity index (χ4n) is 10.6. The van der Waals surface area contributed by atoms with Crippen molar-refractivity contribution in [1.29, 1.82) is 0 Å². The van der Waals surface area contributed by atoms with Gasteiger partial charge in [-0.15, -0.1) is 0 Å². The maximum absolute atomic E-state index is 14.0. The number of amides is 2. The van der Waals surface area contributed by atoms with Gasteiger partial charge in [0.05, 0.1) is 38.3 Å². The molecule has 0 bridgehead atoms. The Morgan fingerprint density at radius 3 is 1.24 bits per heavy atom. The predicted molar refractivity (Wildman–Crippen MR) is 265 cm³/mol. The molecule has 8 rings (SSSR count). The highest BCUT2D eigenvalue weighted by Gasteiger charge is 2.48. The summed E-state index contributed by atoms with van der Waals surface area (Å²) in [6.07, 6.45) is 11.1. The van der Waals surface area contributed by atoms with Crippen molar-refractivity contribution >= 4 is 47.1 Å². The van der Waals surface area contributed by atoms with E-state index in [1.165, 1.54) is 11.1 Å². The van der Waals surface area contributed by atoms with Crippen LogP contribution in [0.4, 0.5) is 11.4 Å². The lowest BCUT2D eigenvalue weighted by atomic mass is 9.75. The second-order valence-corrected chi connectivity index (χ2v) is 18.8. The number of ether oxygens (including phenoxy) is 6. The zero-order valence-electron chi connectivity index (χ0n) is 40.1. The molecular weight excluding hydrogens is 905 g/mol. The highest BCUT2D eigenvalue weighted by molar-refractivity contribution is 5.96. The van der Waals surface area contributed by atoms with Crippen molar-refractivity contribution in [2.45, 2.75) is 95.3 Å². The number of rotatable bonds is 20. The van der Waals surface area contributed by atoms with Gasteiger partial charge >= 0.3 is 23.9 Å². The van der Waals surface area contributed by atoms with Gasteiger partial charge in [-0.05, 0) is 160 Å². The normalized spacial score (nSPS) is 20.8. The summed E-state index contributed by atoms with van der Waals surface area (Å²) < 4.78 is 32.7. The summed E-state index contributed by atoms with van der Waals surface area (Å²) in [5, 5.41) is 6.66. The van der Waals surface area contributed by atoms with Crippen LogP contribution in [-0.4, -0.2) is 62.1 Å². The van der Waals surface area contributed by atoms with E-state index >= 15 is 0 Å². The molecule has 0 aromatic heterocycles. The van der Waals surface area contributed by atoms with Crippen molar-refractivity contribution in [2.75, 3.05) is 37.1 Å². The van der Waals surface area contributed by atoms with Crippen molar-refractivity contribution in [1.82, 2.24) is 0 Å². The average molecular weight is 967 g/mol. The molecule has 0 aliphatic heterocycles. The van der Waals surface area contributed by atoms with E-state index in [-0.39, 0.29) is 66.1 Å². The van der Waals surface area contributed by atoms with Crippen molar-refractivity contribution < 1.29 is 57.2 Å². The van der Waals surface area contributed by atoms with Crippen molar-refractivity contribution in [3.63, 3.8) is 0 Å². The summed E-state index contributed by atoms with van der Waals surface area (Å²) >= 11 is 0. The first-order valence-electron chi connectivity index (χ1n) is 24.9. The fourth-order valence-corrected chi connectivity index (χ4v) is 10.6. The number of hydrogen-bond donors (Lipinski definition) is 2. The first-order valence-corrected chi connectivity index (χ1v) is 24.9. The highest BCUT2D eigenvalue weighted by atomic mass is 16.5. The minimum atomic E-state index is -0.474. The molecule has 2 saturated carbocycles. The minimum Gasteiger partial charge on any atom is -0.493 e. The van der Waals surface area contributed by atoms with Crippen LogP contribution in [0.3, 0.4) is 0 Å². The summed E-state index contributed by atoms with van der Waals surface area (Å²) in [7, 11) is 0. The Labute approximate surface area is 414 Å². The quantitative estimate of drug-likeness (QED) is 0.0371. The van der Waals surface area contributed by atoms with Crippen LogP contribution in [0.25, 0.3) is 0 Å². The molecule has 0 heterocycles. The third-order valence-electron chi connectivity index (χ3n) is 14.3. The van der Waals surface area contributed by atoms with Crippen LogP contribution in [0.1, 0.15) is 99.3 Å². The molecule has 0 saturated heterocycles. The number of carbonyl (C=O) groups is 6. The number of carbonyl (C=O) groups excluding carboxylic acids is 6. The van der Waals surface area contributed by atoms with Crippen LogP contribution in [-0.2, 0) is 56.5 Å². The number of benzene rings is 4. The SMILES string of the molecule is C=CC(=O)OCCCOc1ccc(OC(=O)C2CCC(C(=O)Nc3cccc4c3C3(CC4)CCc4cccc(NC(=O)C5CCC(C(=O)Oc6ccc(OCCCOC(=O)C=C)cc6)CC5)c43)CC2)cc1. The zero-order valence-corrected chi connectivity index (χ0v) is 40.1. The van der Waals surface area contributed by atoms with Crippen LogP contribution in [0.2, 0.25) is 0 Å². The summed E-state index contributed by atoms with van der Waals surface area (Å²) in [4.78, 5) is 76.8. The Morgan fingerprint density at radius 1 is 0.493 bits per heavy atom. The number of aryl methyl sites for hydroxylation is 2. The number of nitrogens with one attached hydrogen (secondary N) is 2. The van der Waals surface area contributed by atoms with Gasteiger partial charge in [-0.1, -0.05) is 37.4 Å². The van der Waals surface area contributed by atoms with E-state index in [2.05, 4.69) is 35.9 Å². The topological polar surface area (TPSA) is 182 Å². The Kier molecular flexibility index (Phi) is 16.7. The summed E-state index contributed by atoms with van der Waals surface area (Å²) in [6.45, 7) is 7.91. The van der Waals surface area contributed by atoms with E-state index in [1.54, 1.807) is 48.5 Å². The number of anilines is 2. The van der Waals surface area contributed by atoms with Crippen LogP contribution in [0.5, 0.6) is 23.0 Å². The molecule has 372 valence electrons. The molecule has 71 heavy (non-hydrogen) atoms. The van der Waals surface area contributed by atoms with Crippen LogP contribution in [0, 0.1) is 23.7 Å². The van der Waals surface area contributed by atoms with Crippen molar-refractivity contribution in [2.24, 2.45) is 23.7 Å². The van der Waals surface area contributed by atoms with Crippen LogP contribution in [0.15, 0.2) is 110 Å². The average Bonchev–Trinajstić information content (AvgIpc) is 3.98. The molecule has 4 aliphatic carbocycles. The molecule has 4 aromatic rings. The molecule has 0 atom stereocenters. The molecule has 2 fully saturated rings. The van der Waals surface area contributed by atoms with Gasteiger partial charge in [0, 0.05) is 53.6 Å². The first kappa shape index (κ1) is 50.2. The largest absolute Gasteiger partial charge is 0.493 e. The van der Waals surface area contributed by atoms with E-state index in [4.69, 9.17) is 28.4 Å². The lowest BCUT2D eigenvalue weighted by Crippen LogP contribution is -2.33. The molecule has 1 spiro atoms. The Hall–Kier alpha value is -7.22. The number of fused-ring (bicyclic) bond motifs is 4. The van der Waals surface area contributed by atoms with Crippen LogP contribution < -0.4 is 29.6 Å². The fraction of sp³-hybridized carbons (Fsp3) is 0.404. The van der Waals surface area contributed by atoms with E-state index in [0.717, 1.165) is 60.3 Å². The van der Waals surface area contributed by atoms with Crippen molar-refractivity contribution in [3.8, 4) is 23.0 Å². The number of hydrogen-bond acceptors (Lipinski definition) is 12. The molecule has 4 aliphatic rings. The maximum Gasteiger partial charge on any atom is 0.330 e. The molecule has 14 heteroatoms. The lowest BCUT2D eigenvalue weighted by molar-refractivity contribution is -0.141. The van der Waals surface area contributed by atoms with Gasteiger partial charge in [0.2, 0.25) is 11.8 Å². The van der Waals surface area contributed by atoms with Gasteiger partial charge in [0.15, 0.2) is 0 Å². The Morgan fingerprint density at radius 2 is 0.859 bits per heavy atom. The van der Waals surface area contributed by atoms with Gasteiger partial charge in [-0.25, -0.2) is 9.59 Å². The standard InChI is InChI=1S/C57H62N2O12/c1-3-49(60)68-35-7-33-66-43-21-25-45(26-22-43)70-55(64)41-17-13-39(14-18-41)53(62)58-47-11-5-9-37-29-31-57(51(37)47)32-30-38-10-6-12-48(52(38)57)59-54(63)40-15-19-42(20-16-40)56(65)71-46-27-23-44(24-28-46)67-34-8-36-69-50(61)4-2/h3-6,9-12,21-28,39-42H,1-2,7-8,13-20,29-36H2,(H,58,62)(H,59,63). The van der Waals surface area contributed by atoms with E-state index in [9.17, 15) is 28.8 Å². The van der Waals surface area contributed by atoms with Gasteiger partial charge in [-0.2, -0.15) is 0 Å². The molecular formula is C57H62N2O12. The highest BCUT2D eigenvalue weighted by Crippen LogP contribution is 2.57. The van der Waals surface area contributed by atoms with Gasteiger partial charge < -0.3 is 39.1 Å². The molecule has 14 nitrogen and oxygen atoms in total. The third kappa shape index (κ3) is 12.4. The zero-order chi connectivity index (χ0) is 49.7. The molecule has 4 aromatic carbocycles. The molecule has 2 N–H and O–H groups in total. The smallest absolute Gasteiger partial charge is 0.330 e. The number of esters is 4. The Bertz CT molecular complexity index is 2410. The van der Waals surface area contributed by atoms with Gasteiger partial charge in [-0.3, -0.25) is 19.2 Å². The predicted octanol–water partition coefficient (Wildman–Crippen LogP) is 9.56. The van der Waals surface area contributed by atoms with Crippen LogP contribution >= 0.6 is 0 Å². The maximum atomic E-state index is 14.0. The second-order valence-electron chi connectivity index (χ2n) is 18.8. The van der Waals surface area contributed by atoms with E-state index in [0.29, 0.717) is 100 Å². The molecule has 2 amide bonds. The van der Waals surface area contributed by atoms with E-state index in [1.807, 2.05) is 24.3 Å². The molecule has 0 radical (unpaired) electrons. The van der Waals surface area contributed by atoms with E-state index < -0.39 is 11.9 Å².